The molecule has 0 saturated carbocycles. The fraction of sp³-hybridized carbons (Fsp3) is 0.500. The lowest BCUT2D eigenvalue weighted by molar-refractivity contribution is -0.138. The number of carbonyl (C=O) groups is 4. The number of amides is 3. The van der Waals surface area contributed by atoms with Crippen molar-refractivity contribution >= 4 is 29.7 Å². The van der Waals surface area contributed by atoms with Crippen molar-refractivity contribution < 1.29 is 29.0 Å². The first-order valence-electron chi connectivity index (χ1n) is 13.7. The van der Waals surface area contributed by atoms with E-state index in [1.54, 1.807) is 6.92 Å². The molecule has 222 valence electrons. The van der Waals surface area contributed by atoms with Gasteiger partial charge in [-0.2, -0.15) is 0 Å². The van der Waals surface area contributed by atoms with Crippen LogP contribution in [0.15, 0.2) is 36.4 Å². The molecule has 0 spiro atoms. The van der Waals surface area contributed by atoms with Crippen LogP contribution in [-0.4, -0.2) is 120 Å². The van der Waals surface area contributed by atoms with E-state index in [9.17, 15) is 24.3 Å². The maximum atomic E-state index is 13.4. The number of ether oxygens (including phenoxy) is 1. The number of aromatic nitrogens is 2. The summed E-state index contributed by atoms with van der Waals surface area (Å²) < 4.78 is 5.03. The average molecular weight is 570 g/mol. The van der Waals surface area contributed by atoms with Gasteiger partial charge < -0.3 is 35.2 Å². The molecule has 1 aliphatic heterocycles. The molecule has 0 radical (unpaired) electrons. The zero-order chi connectivity index (χ0) is 29.8. The van der Waals surface area contributed by atoms with E-state index in [-0.39, 0.29) is 51.3 Å². The van der Waals surface area contributed by atoms with E-state index in [0.717, 1.165) is 18.5 Å². The van der Waals surface area contributed by atoms with Crippen molar-refractivity contribution in [1.82, 2.24) is 30.0 Å². The Balaban J connectivity index is 1.78. The van der Waals surface area contributed by atoms with Gasteiger partial charge in [-0.3, -0.25) is 14.4 Å². The van der Waals surface area contributed by atoms with Crippen molar-refractivity contribution in [3.05, 3.63) is 42.1 Å². The second-order valence-electron chi connectivity index (χ2n) is 9.88. The van der Waals surface area contributed by atoms with E-state index in [1.165, 1.54) is 15.9 Å². The highest BCUT2D eigenvalue weighted by atomic mass is 16.6. The van der Waals surface area contributed by atoms with Crippen LogP contribution >= 0.6 is 0 Å². The topological polar surface area (TPSA) is 157 Å². The lowest BCUT2D eigenvalue weighted by Crippen LogP contribution is -2.56. The van der Waals surface area contributed by atoms with Crippen LogP contribution in [-0.2, 0) is 14.3 Å². The van der Waals surface area contributed by atoms with Crippen molar-refractivity contribution in [2.75, 3.05) is 65.3 Å². The van der Waals surface area contributed by atoms with Gasteiger partial charge in [0, 0.05) is 50.8 Å². The molecule has 13 nitrogen and oxygen atoms in total. The average Bonchev–Trinajstić information content (AvgIpc) is 2.97. The van der Waals surface area contributed by atoms with Crippen LogP contribution < -0.4 is 10.6 Å². The molecular weight excluding hydrogens is 530 g/mol. The first-order valence-corrected chi connectivity index (χ1v) is 13.7. The van der Waals surface area contributed by atoms with Gasteiger partial charge in [-0.05, 0) is 40.4 Å². The highest BCUT2D eigenvalue weighted by Gasteiger charge is 2.31. The molecule has 1 aromatic heterocycles. The molecule has 3 N–H and O–H groups in total. The summed E-state index contributed by atoms with van der Waals surface area (Å²) in [6.45, 7) is 4.51. The van der Waals surface area contributed by atoms with Gasteiger partial charge >= 0.3 is 12.1 Å². The Kier molecular flexibility index (Phi) is 11.8. The molecule has 1 aliphatic rings. The molecule has 41 heavy (non-hydrogen) atoms. The number of nitrogens with one attached hydrogen (secondary N) is 2. The second-order valence-corrected chi connectivity index (χ2v) is 9.88. The molecule has 3 rings (SSSR count). The fourth-order valence-electron chi connectivity index (χ4n) is 4.28. The van der Waals surface area contributed by atoms with Crippen LogP contribution in [0.25, 0.3) is 11.4 Å². The van der Waals surface area contributed by atoms with Crippen LogP contribution in [0, 0.1) is 0 Å². The first-order chi connectivity index (χ1) is 19.7. The summed E-state index contributed by atoms with van der Waals surface area (Å²) in [6, 6.07) is 9.67. The van der Waals surface area contributed by atoms with Gasteiger partial charge in [-0.15, -0.1) is 0 Å². The van der Waals surface area contributed by atoms with Crippen molar-refractivity contribution in [2.45, 2.75) is 32.2 Å². The van der Waals surface area contributed by atoms with Crippen LogP contribution in [0.4, 0.5) is 10.6 Å². The number of aliphatic carboxylic acids is 1. The van der Waals surface area contributed by atoms with E-state index in [1.807, 2.05) is 44.4 Å². The zero-order valence-electron chi connectivity index (χ0n) is 23.8. The molecule has 13 heteroatoms. The summed E-state index contributed by atoms with van der Waals surface area (Å²) in [7, 11) is 3.98. The summed E-state index contributed by atoms with van der Waals surface area (Å²) >= 11 is 0. The maximum absolute atomic E-state index is 13.4. The number of carboxylic acids is 1. The van der Waals surface area contributed by atoms with Crippen LogP contribution in [0.1, 0.15) is 36.7 Å². The van der Waals surface area contributed by atoms with Crippen molar-refractivity contribution in [3.8, 4) is 11.4 Å². The minimum absolute atomic E-state index is 0.0502. The molecule has 1 fully saturated rings. The molecule has 3 amide bonds. The lowest BCUT2D eigenvalue weighted by Gasteiger charge is -2.35. The Hall–Kier alpha value is -4.26. The number of carboxylic acid groups (broad SMARTS) is 1. The van der Waals surface area contributed by atoms with Crippen LogP contribution in [0.3, 0.4) is 0 Å². The number of piperazine rings is 1. The van der Waals surface area contributed by atoms with E-state index >= 15 is 0 Å². The summed E-state index contributed by atoms with van der Waals surface area (Å²) in [5.41, 5.74) is 0.769. The monoisotopic (exact) mass is 569 g/mol. The molecular formula is C28H39N7O6. The number of nitrogens with zero attached hydrogens (tertiary/aromatic N) is 5. The minimum Gasteiger partial charge on any atom is -0.481 e. The Morgan fingerprint density at radius 2 is 1.73 bits per heavy atom. The minimum atomic E-state index is -1.08. The number of benzene rings is 1. The Morgan fingerprint density at radius 1 is 1.05 bits per heavy atom. The first kappa shape index (κ1) is 31.3. The number of rotatable bonds is 13. The third kappa shape index (κ3) is 9.71. The third-order valence-electron chi connectivity index (χ3n) is 6.45. The quantitative estimate of drug-likeness (QED) is 0.304. The largest absolute Gasteiger partial charge is 0.481 e. The Morgan fingerprint density at radius 3 is 2.37 bits per heavy atom. The molecule has 1 atom stereocenters. The Labute approximate surface area is 239 Å². The summed E-state index contributed by atoms with van der Waals surface area (Å²) in [6.07, 6.45) is 0.00926. The predicted octanol–water partition coefficient (Wildman–Crippen LogP) is 1.77. The van der Waals surface area contributed by atoms with Gasteiger partial charge in [0.2, 0.25) is 5.91 Å². The SMILES string of the molecule is CCOC(=O)N1CCN(C(=O)C(CCC(=O)O)NC(=O)c2cc(NCCCN(C)C)nc(-c3ccccc3)n2)CC1. The number of hydrogen-bond donors (Lipinski definition) is 3. The summed E-state index contributed by atoms with van der Waals surface area (Å²) in [4.78, 5) is 64.3. The maximum Gasteiger partial charge on any atom is 0.409 e. The predicted molar refractivity (Wildman–Crippen MR) is 152 cm³/mol. The lowest BCUT2D eigenvalue weighted by atomic mass is 10.1. The van der Waals surface area contributed by atoms with Gasteiger partial charge in [0.25, 0.3) is 5.91 Å². The van der Waals surface area contributed by atoms with Gasteiger partial charge in [0.1, 0.15) is 17.6 Å². The highest BCUT2D eigenvalue weighted by Crippen LogP contribution is 2.18. The van der Waals surface area contributed by atoms with E-state index < -0.39 is 29.9 Å². The van der Waals surface area contributed by atoms with Gasteiger partial charge in [0.15, 0.2) is 5.82 Å². The highest BCUT2D eigenvalue weighted by molar-refractivity contribution is 5.97. The van der Waals surface area contributed by atoms with E-state index in [4.69, 9.17) is 4.74 Å². The van der Waals surface area contributed by atoms with Crippen molar-refractivity contribution in [1.29, 1.82) is 0 Å². The normalized spacial score (nSPS) is 14.0. The van der Waals surface area contributed by atoms with Crippen molar-refractivity contribution in [2.24, 2.45) is 0 Å². The van der Waals surface area contributed by atoms with Crippen LogP contribution in [0.2, 0.25) is 0 Å². The van der Waals surface area contributed by atoms with E-state index in [2.05, 4.69) is 25.5 Å². The van der Waals surface area contributed by atoms with Gasteiger partial charge in [-0.1, -0.05) is 30.3 Å². The summed E-state index contributed by atoms with van der Waals surface area (Å²) in [5.74, 6) is -1.30. The second kappa shape index (κ2) is 15.5. The standard InChI is InChI=1S/C28H39N7O6/c1-4-41-28(40)35-17-15-34(16-18-35)27(39)21(11-12-24(36)37)31-26(38)22-19-23(29-13-8-14-33(2)3)32-25(30-22)20-9-6-5-7-10-20/h5-7,9-10,19,21H,4,8,11-18H2,1-3H3,(H,31,38)(H,36,37)(H,29,30,32). The number of carbonyl (C=O) groups excluding carboxylic acids is 3. The Bertz CT molecular complexity index is 1190. The zero-order valence-corrected chi connectivity index (χ0v) is 23.8. The molecule has 0 aliphatic carbocycles. The smallest absolute Gasteiger partial charge is 0.409 e. The molecule has 2 aromatic rings. The molecule has 1 unspecified atom stereocenters. The summed E-state index contributed by atoms with van der Waals surface area (Å²) in [5, 5.41) is 15.2. The molecule has 1 saturated heterocycles. The van der Waals surface area contributed by atoms with Gasteiger partial charge in [0.05, 0.1) is 6.61 Å². The number of hydrogen-bond acceptors (Lipinski definition) is 9. The molecule has 1 aromatic carbocycles. The van der Waals surface area contributed by atoms with Crippen molar-refractivity contribution in [3.63, 3.8) is 0 Å². The third-order valence-corrected chi connectivity index (χ3v) is 6.45. The fourth-order valence-corrected chi connectivity index (χ4v) is 4.28. The van der Waals surface area contributed by atoms with Gasteiger partial charge in [-0.25, -0.2) is 14.8 Å². The van der Waals surface area contributed by atoms with E-state index in [0.29, 0.717) is 18.2 Å². The van der Waals surface area contributed by atoms with Crippen LogP contribution in [0.5, 0.6) is 0 Å². The molecule has 2 heterocycles. The number of anilines is 1. The molecule has 0 bridgehead atoms.